The summed E-state index contributed by atoms with van der Waals surface area (Å²) in [6, 6.07) is 14.8. The van der Waals surface area contributed by atoms with Gasteiger partial charge >= 0.3 is 0 Å². The summed E-state index contributed by atoms with van der Waals surface area (Å²) in [5.74, 6) is 0.731. The van der Waals surface area contributed by atoms with E-state index in [1.165, 1.54) is 0 Å². The number of hydrogen-bond acceptors (Lipinski definition) is 3. The zero-order valence-electron chi connectivity index (χ0n) is 13.0. The Kier molecular flexibility index (Phi) is 6.91. The molecule has 0 heterocycles. The van der Waals surface area contributed by atoms with E-state index in [0.717, 1.165) is 17.0 Å². The summed E-state index contributed by atoms with van der Waals surface area (Å²) in [6.07, 6.45) is 1.11. The van der Waals surface area contributed by atoms with Crippen molar-refractivity contribution in [3.63, 3.8) is 0 Å². The first-order chi connectivity index (χ1) is 11.2. The molecule has 0 saturated carbocycles. The molecule has 0 spiro atoms. The molecule has 2 aromatic rings. The number of carbonyl (C=O) groups excluding carboxylic acids is 1. The molecule has 0 bridgehead atoms. The van der Waals surface area contributed by atoms with Crippen LogP contribution in [0.2, 0.25) is 5.02 Å². The standard InChI is InChI=1S/C18H20ClNO3/c1-22-12-13-23-17-9-7-16(8-10-17)20-18(21)11-4-14-2-5-15(19)6-3-14/h2-3,5-10H,4,11-13H2,1H3,(H,20,21). The summed E-state index contributed by atoms with van der Waals surface area (Å²) in [5.41, 5.74) is 1.84. The van der Waals surface area contributed by atoms with Crippen molar-refractivity contribution >= 4 is 23.2 Å². The lowest BCUT2D eigenvalue weighted by molar-refractivity contribution is -0.116. The van der Waals surface area contributed by atoms with E-state index in [-0.39, 0.29) is 5.91 Å². The minimum atomic E-state index is -0.0204. The van der Waals surface area contributed by atoms with Gasteiger partial charge in [-0.15, -0.1) is 0 Å². The Bertz CT molecular complexity index is 611. The molecule has 2 aromatic carbocycles. The highest BCUT2D eigenvalue weighted by molar-refractivity contribution is 6.30. The Morgan fingerprint density at radius 3 is 2.39 bits per heavy atom. The van der Waals surface area contributed by atoms with Gasteiger partial charge in [0.05, 0.1) is 6.61 Å². The zero-order chi connectivity index (χ0) is 16.5. The normalized spacial score (nSPS) is 10.3. The number of methoxy groups -OCH3 is 1. The van der Waals surface area contributed by atoms with Crippen LogP contribution in [-0.2, 0) is 16.0 Å². The Balaban J connectivity index is 1.77. The lowest BCUT2D eigenvalue weighted by atomic mass is 10.1. The van der Waals surface area contributed by atoms with Crippen molar-refractivity contribution in [2.24, 2.45) is 0 Å². The lowest BCUT2D eigenvalue weighted by Gasteiger charge is -2.08. The van der Waals surface area contributed by atoms with Gasteiger partial charge in [0.2, 0.25) is 5.91 Å². The second-order valence-corrected chi connectivity index (χ2v) is 5.48. The van der Waals surface area contributed by atoms with Crippen LogP contribution in [0.25, 0.3) is 0 Å². The molecule has 23 heavy (non-hydrogen) atoms. The average molecular weight is 334 g/mol. The van der Waals surface area contributed by atoms with Crippen LogP contribution in [0.5, 0.6) is 5.75 Å². The number of carbonyl (C=O) groups is 1. The van der Waals surface area contributed by atoms with Crippen molar-refractivity contribution in [1.82, 2.24) is 0 Å². The number of ether oxygens (including phenoxy) is 2. The Hall–Kier alpha value is -2.04. The molecule has 0 aliphatic carbocycles. The number of nitrogens with one attached hydrogen (secondary N) is 1. The van der Waals surface area contributed by atoms with E-state index in [4.69, 9.17) is 21.1 Å². The van der Waals surface area contributed by atoms with Crippen molar-refractivity contribution in [2.75, 3.05) is 25.6 Å². The molecule has 1 N–H and O–H groups in total. The minimum Gasteiger partial charge on any atom is -0.491 e. The van der Waals surface area contributed by atoms with Crippen molar-refractivity contribution < 1.29 is 14.3 Å². The van der Waals surface area contributed by atoms with E-state index < -0.39 is 0 Å². The van der Waals surface area contributed by atoms with Crippen LogP contribution in [0.4, 0.5) is 5.69 Å². The van der Waals surface area contributed by atoms with Crippen LogP contribution >= 0.6 is 11.6 Å². The smallest absolute Gasteiger partial charge is 0.224 e. The van der Waals surface area contributed by atoms with Crippen molar-refractivity contribution in [2.45, 2.75) is 12.8 Å². The molecule has 0 unspecified atom stereocenters. The second-order valence-electron chi connectivity index (χ2n) is 5.04. The number of hydrogen-bond donors (Lipinski definition) is 1. The highest BCUT2D eigenvalue weighted by atomic mass is 35.5. The Labute approximate surface area is 141 Å². The van der Waals surface area contributed by atoms with Gasteiger partial charge in [-0.2, -0.15) is 0 Å². The topological polar surface area (TPSA) is 47.6 Å². The van der Waals surface area contributed by atoms with E-state index in [9.17, 15) is 4.79 Å². The van der Waals surface area contributed by atoms with Crippen molar-refractivity contribution in [3.05, 3.63) is 59.1 Å². The molecule has 0 saturated heterocycles. The van der Waals surface area contributed by atoms with Gasteiger partial charge in [-0.25, -0.2) is 0 Å². The number of amides is 1. The molecular formula is C18H20ClNO3. The SMILES string of the molecule is COCCOc1ccc(NC(=O)CCc2ccc(Cl)cc2)cc1. The maximum Gasteiger partial charge on any atom is 0.224 e. The molecule has 122 valence electrons. The van der Waals surface area contributed by atoms with E-state index in [0.29, 0.717) is 31.1 Å². The third kappa shape index (κ3) is 6.30. The van der Waals surface area contributed by atoms with Gasteiger partial charge in [-0.1, -0.05) is 23.7 Å². The summed E-state index contributed by atoms with van der Waals surface area (Å²) in [5, 5.41) is 3.57. The summed E-state index contributed by atoms with van der Waals surface area (Å²) in [7, 11) is 1.63. The molecule has 2 rings (SSSR count). The van der Waals surface area contributed by atoms with Gasteiger partial charge in [-0.3, -0.25) is 4.79 Å². The van der Waals surface area contributed by atoms with E-state index in [2.05, 4.69) is 5.32 Å². The van der Waals surface area contributed by atoms with Crippen LogP contribution < -0.4 is 10.1 Å². The van der Waals surface area contributed by atoms with Gasteiger partial charge in [0, 0.05) is 24.2 Å². The number of rotatable bonds is 8. The van der Waals surface area contributed by atoms with Gasteiger partial charge in [-0.05, 0) is 48.4 Å². The van der Waals surface area contributed by atoms with Crippen LogP contribution in [0.3, 0.4) is 0 Å². The first-order valence-electron chi connectivity index (χ1n) is 7.43. The maximum absolute atomic E-state index is 12.0. The van der Waals surface area contributed by atoms with Gasteiger partial charge in [0.15, 0.2) is 0 Å². The largest absolute Gasteiger partial charge is 0.491 e. The second kappa shape index (κ2) is 9.18. The fourth-order valence-electron chi connectivity index (χ4n) is 2.01. The van der Waals surface area contributed by atoms with Gasteiger partial charge in [0.1, 0.15) is 12.4 Å². The Morgan fingerprint density at radius 1 is 1.04 bits per heavy atom. The fraction of sp³-hybridized carbons (Fsp3) is 0.278. The molecule has 4 nitrogen and oxygen atoms in total. The van der Waals surface area contributed by atoms with E-state index >= 15 is 0 Å². The van der Waals surface area contributed by atoms with Gasteiger partial charge in [0.25, 0.3) is 0 Å². The fourth-order valence-corrected chi connectivity index (χ4v) is 2.14. The van der Waals surface area contributed by atoms with Crippen LogP contribution in [-0.4, -0.2) is 26.2 Å². The lowest BCUT2D eigenvalue weighted by Crippen LogP contribution is -2.12. The third-order valence-electron chi connectivity index (χ3n) is 3.25. The Morgan fingerprint density at radius 2 is 1.74 bits per heavy atom. The number of halogens is 1. The highest BCUT2D eigenvalue weighted by Crippen LogP contribution is 2.16. The molecule has 0 aliphatic rings. The van der Waals surface area contributed by atoms with Crippen molar-refractivity contribution in [1.29, 1.82) is 0 Å². The monoisotopic (exact) mass is 333 g/mol. The predicted molar refractivity (Wildman–Crippen MR) is 92.2 cm³/mol. The molecule has 1 amide bonds. The predicted octanol–water partition coefficient (Wildman–Crippen LogP) is 3.94. The number of aryl methyl sites for hydroxylation is 1. The number of benzene rings is 2. The summed E-state index contributed by atoms with van der Waals surface area (Å²) >= 11 is 5.84. The minimum absolute atomic E-state index is 0.0204. The molecule has 0 aromatic heterocycles. The maximum atomic E-state index is 12.0. The summed E-state index contributed by atoms with van der Waals surface area (Å²) < 4.78 is 10.4. The molecule has 0 radical (unpaired) electrons. The van der Waals surface area contributed by atoms with Gasteiger partial charge < -0.3 is 14.8 Å². The molecule has 0 atom stereocenters. The highest BCUT2D eigenvalue weighted by Gasteiger charge is 2.04. The first-order valence-corrected chi connectivity index (χ1v) is 7.81. The van der Waals surface area contributed by atoms with Crippen molar-refractivity contribution in [3.8, 4) is 5.75 Å². The van der Waals surface area contributed by atoms with E-state index in [1.54, 1.807) is 7.11 Å². The summed E-state index contributed by atoms with van der Waals surface area (Å²) in [4.78, 5) is 12.0. The van der Waals surface area contributed by atoms with E-state index in [1.807, 2.05) is 48.5 Å². The van der Waals surface area contributed by atoms with Crippen LogP contribution in [0.15, 0.2) is 48.5 Å². The van der Waals surface area contributed by atoms with Crippen LogP contribution in [0.1, 0.15) is 12.0 Å². The third-order valence-corrected chi connectivity index (χ3v) is 3.50. The van der Waals surface area contributed by atoms with Crippen LogP contribution in [0, 0.1) is 0 Å². The molecule has 5 heteroatoms. The zero-order valence-corrected chi connectivity index (χ0v) is 13.8. The number of anilines is 1. The molecule has 0 fully saturated rings. The molecule has 0 aliphatic heterocycles. The average Bonchev–Trinajstić information content (AvgIpc) is 2.56. The molecular weight excluding hydrogens is 314 g/mol. The summed E-state index contributed by atoms with van der Waals surface area (Å²) in [6.45, 7) is 1.05. The first kappa shape index (κ1) is 17.3. The quantitative estimate of drug-likeness (QED) is 0.744.